The summed E-state index contributed by atoms with van der Waals surface area (Å²) in [7, 11) is 1.71. The van der Waals surface area contributed by atoms with Crippen molar-refractivity contribution in [1.82, 2.24) is 9.80 Å². The molecule has 4 aliphatic rings. The number of likely N-dealkylation sites (tertiary alicyclic amines) is 1. The van der Waals surface area contributed by atoms with E-state index in [0.717, 1.165) is 18.4 Å². The number of fused-ring (bicyclic) bond motifs is 2. The maximum Gasteiger partial charge on any atom is 0.313 e. The zero-order valence-corrected chi connectivity index (χ0v) is 28.7. The summed E-state index contributed by atoms with van der Waals surface area (Å²) in [6.07, 6.45) is 9.03. The molecule has 0 saturated carbocycles. The second-order valence-electron chi connectivity index (χ2n) is 13.3. The maximum absolute atomic E-state index is 14.7. The summed E-state index contributed by atoms with van der Waals surface area (Å²) in [5, 5.41) is 9.81. The third-order valence-electron chi connectivity index (χ3n) is 10.4. The molecular weight excluding hydrogens is 646 g/mol. The molecule has 2 fully saturated rings. The molecular formula is C38H44ClN3O7. The quantitative estimate of drug-likeness (QED) is 0.239. The van der Waals surface area contributed by atoms with Gasteiger partial charge in [-0.1, -0.05) is 79.1 Å². The molecule has 0 unspecified atom stereocenters. The average molecular weight is 690 g/mol. The summed E-state index contributed by atoms with van der Waals surface area (Å²) < 4.78 is 13.2. The van der Waals surface area contributed by atoms with Gasteiger partial charge < -0.3 is 29.3 Å². The molecule has 2 aromatic carbocycles. The van der Waals surface area contributed by atoms with E-state index in [4.69, 9.17) is 21.1 Å². The number of anilines is 1. The van der Waals surface area contributed by atoms with Crippen molar-refractivity contribution in [3.8, 4) is 0 Å². The van der Waals surface area contributed by atoms with Gasteiger partial charge in [0.15, 0.2) is 0 Å². The van der Waals surface area contributed by atoms with E-state index in [-0.39, 0.29) is 37.3 Å². The zero-order valence-electron chi connectivity index (χ0n) is 27.9. The zero-order chi connectivity index (χ0) is 34.7. The maximum atomic E-state index is 14.7. The Morgan fingerprint density at radius 2 is 1.67 bits per heavy atom. The van der Waals surface area contributed by atoms with Crippen molar-refractivity contribution < 1.29 is 33.8 Å². The van der Waals surface area contributed by atoms with Crippen molar-refractivity contribution in [3.63, 3.8) is 0 Å². The Balaban J connectivity index is 1.41. The first-order valence-corrected chi connectivity index (χ1v) is 17.6. The number of hydrogen-bond acceptors (Lipinski definition) is 7. The van der Waals surface area contributed by atoms with Crippen LogP contribution in [0.15, 0.2) is 78.9 Å². The number of esters is 1. The van der Waals surface area contributed by atoms with Crippen LogP contribution in [0.1, 0.15) is 57.1 Å². The number of ether oxygens (including phenoxy) is 2. The first-order valence-electron chi connectivity index (χ1n) is 17.2. The van der Waals surface area contributed by atoms with Crippen LogP contribution in [0.25, 0.3) is 0 Å². The summed E-state index contributed by atoms with van der Waals surface area (Å²) in [4.78, 5) is 61.9. The fraction of sp³-hybridized carbons (Fsp3) is 0.474. The molecule has 4 heterocycles. The van der Waals surface area contributed by atoms with Crippen molar-refractivity contribution in [2.45, 2.75) is 75.3 Å². The van der Waals surface area contributed by atoms with Crippen LogP contribution in [0.4, 0.5) is 5.69 Å². The molecule has 10 nitrogen and oxygen atoms in total. The summed E-state index contributed by atoms with van der Waals surface area (Å²) in [5.74, 6) is -3.39. The molecule has 6 rings (SSSR count). The molecule has 7 atom stereocenters. The molecule has 0 radical (unpaired) electrons. The Labute approximate surface area is 292 Å². The average Bonchev–Trinajstić information content (AvgIpc) is 3.49. The third kappa shape index (κ3) is 6.66. The van der Waals surface area contributed by atoms with Crippen LogP contribution in [0.3, 0.4) is 0 Å². The molecule has 260 valence electrons. The fourth-order valence-corrected chi connectivity index (χ4v) is 7.85. The number of cyclic esters (lactones) is 1. The second-order valence-corrected chi connectivity index (χ2v) is 13.8. The van der Waals surface area contributed by atoms with Gasteiger partial charge >= 0.3 is 5.97 Å². The molecule has 0 bridgehead atoms. The molecule has 0 aromatic heterocycles. The van der Waals surface area contributed by atoms with Crippen LogP contribution in [-0.2, 0) is 28.7 Å². The van der Waals surface area contributed by atoms with Crippen molar-refractivity contribution >= 4 is 41.0 Å². The van der Waals surface area contributed by atoms with Crippen LogP contribution < -0.4 is 4.90 Å². The van der Waals surface area contributed by atoms with Gasteiger partial charge in [0.1, 0.15) is 23.7 Å². The standard InChI is InChI=1S/C38H44ClN3O7/c1-25-33(26-13-6-5-7-14-26)48-37(47)31-29(15-8-9-16-30(44)40(25)2)49-38-21-12-23-41(28-19-17-27(39)18-20-28)36(46)34(38)42(35(45)32(31)38)22-10-3-4-11-24-43/h5-8,12-15,17-21,25,29,31-34,43H,3-4,9-11,16,22-24H2,1-2H3/b15-8-/t25-,29-,31+,32+,33+,34-,38+/m0/s1. The molecule has 1 spiro atoms. The first-order chi connectivity index (χ1) is 23.7. The Morgan fingerprint density at radius 3 is 2.41 bits per heavy atom. The third-order valence-corrected chi connectivity index (χ3v) is 10.6. The fourth-order valence-electron chi connectivity index (χ4n) is 7.73. The van der Waals surface area contributed by atoms with E-state index in [0.29, 0.717) is 36.5 Å². The van der Waals surface area contributed by atoms with Gasteiger partial charge in [-0.15, -0.1) is 0 Å². The summed E-state index contributed by atoms with van der Waals surface area (Å²) in [5.41, 5.74) is -0.0732. The molecule has 49 heavy (non-hydrogen) atoms. The van der Waals surface area contributed by atoms with Crippen molar-refractivity contribution in [2.24, 2.45) is 11.8 Å². The van der Waals surface area contributed by atoms with Crippen LogP contribution in [0.5, 0.6) is 0 Å². The Bertz CT molecular complexity index is 1600. The largest absolute Gasteiger partial charge is 0.455 e. The van der Waals surface area contributed by atoms with Crippen LogP contribution in [-0.4, -0.2) is 89.1 Å². The van der Waals surface area contributed by atoms with Crippen molar-refractivity contribution in [2.75, 3.05) is 31.6 Å². The number of carbonyl (C=O) groups is 4. The monoisotopic (exact) mass is 689 g/mol. The molecule has 3 amide bonds. The number of allylic oxidation sites excluding steroid dienone is 1. The molecule has 1 N–H and O–H groups in total. The van der Waals surface area contributed by atoms with E-state index in [1.54, 1.807) is 58.2 Å². The van der Waals surface area contributed by atoms with E-state index in [2.05, 4.69) is 0 Å². The SMILES string of the molecule is C[C@H]1[C@H](c2ccccc2)OC(=O)[C@@H]2[C@H](/C=C\CCC(=O)N1C)O[C@@]13C=CCN(c4ccc(Cl)cc4)C(=O)[C@@H]1N(CCCCCCO)C(=O)[C@@H]23. The molecule has 4 aliphatic heterocycles. The lowest BCUT2D eigenvalue weighted by Gasteiger charge is -2.35. The lowest BCUT2D eigenvalue weighted by molar-refractivity contribution is -0.164. The van der Waals surface area contributed by atoms with Gasteiger partial charge in [-0.3, -0.25) is 19.2 Å². The topological polar surface area (TPSA) is 117 Å². The highest BCUT2D eigenvalue weighted by Gasteiger charge is 2.71. The number of aliphatic hydroxyl groups excluding tert-OH is 1. The number of carbonyl (C=O) groups excluding carboxylic acids is 4. The Morgan fingerprint density at radius 1 is 0.939 bits per heavy atom. The molecule has 11 heteroatoms. The first kappa shape index (κ1) is 34.9. The van der Waals surface area contributed by atoms with E-state index >= 15 is 0 Å². The normalized spacial score (nSPS) is 31.0. The number of hydrogen-bond donors (Lipinski definition) is 1. The Kier molecular flexibility index (Phi) is 10.6. The van der Waals surface area contributed by atoms with Crippen molar-refractivity contribution in [3.05, 3.63) is 89.5 Å². The highest BCUT2D eigenvalue weighted by Crippen LogP contribution is 2.53. The molecule has 0 aliphatic carbocycles. The summed E-state index contributed by atoms with van der Waals surface area (Å²) in [6, 6.07) is 14.7. The van der Waals surface area contributed by atoms with Gasteiger partial charge in [-0.25, -0.2) is 0 Å². The number of rotatable bonds is 8. The van der Waals surface area contributed by atoms with Crippen LogP contribution in [0, 0.1) is 11.8 Å². The van der Waals surface area contributed by atoms with Crippen molar-refractivity contribution in [1.29, 1.82) is 0 Å². The van der Waals surface area contributed by atoms with Gasteiger partial charge in [0.05, 0.1) is 18.1 Å². The van der Waals surface area contributed by atoms with Gasteiger partial charge in [0.25, 0.3) is 5.91 Å². The summed E-state index contributed by atoms with van der Waals surface area (Å²) >= 11 is 6.17. The second kappa shape index (κ2) is 14.9. The van der Waals surface area contributed by atoms with Gasteiger partial charge in [-0.2, -0.15) is 0 Å². The molecule has 2 saturated heterocycles. The highest BCUT2D eigenvalue weighted by molar-refractivity contribution is 6.30. The van der Waals surface area contributed by atoms with E-state index < -0.39 is 47.7 Å². The van der Waals surface area contributed by atoms with E-state index in [9.17, 15) is 24.3 Å². The predicted octanol–water partition coefficient (Wildman–Crippen LogP) is 4.86. The molecule has 2 aromatic rings. The highest BCUT2D eigenvalue weighted by atomic mass is 35.5. The number of benzene rings is 2. The Hall–Kier alpha value is -3.99. The van der Waals surface area contributed by atoms with Gasteiger partial charge in [0, 0.05) is 43.9 Å². The van der Waals surface area contributed by atoms with E-state index in [1.807, 2.05) is 49.4 Å². The minimum Gasteiger partial charge on any atom is -0.455 e. The smallest absolute Gasteiger partial charge is 0.313 e. The minimum absolute atomic E-state index is 0.0847. The van der Waals surface area contributed by atoms with E-state index in [1.165, 1.54) is 0 Å². The van der Waals surface area contributed by atoms with Gasteiger partial charge in [0.2, 0.25) is 11.8 Å². The number of unbranched alkanes of at least 4 members (excludes halogenated alkanes) is 3. The van der Waals surface area contributed by atoms with Crippen LogP contribution in [0.2, 0.25) is 5.02 Å². The lowest BCUT2D eigenvalue weighted by Crippen LogP contribution is -2.55. The lowest BCUT2D eigenvalue weighted by atomic mass is 9.77. The number of amides is 3. The minimum atomic E-state index is -1.43. The summed E-state index contributed by atoms with van der Waals surface area (Å²) in [6.45, 7) is 2.48. The number of aliphatic hydroxyl groups is 1. The van der Waals surface area contributed by atoms with Gasteiger partial charge in [-0.05, 0) is 56.0 Å². The van der Waals surface area contributed by atoms with Crippen LogP contribution >= 0.6 is 11.6 Å². The number of likely N-dealkylation sites (N-methyl/N-ethyl adjacent to an activating group) is 1. The number of halogens is 1. The number of nitrogens with zero attached hydrogens (tertiary/aromatic N) is 3. The predicted molar refractivity (Wildman–Crippen MR) is 184 cm³/mol.